The molecule has 0 N–H and O–H groups in total. The predicted molar refractivity (Wildman–Crippen MR) is 58.9 cm³/mol. The highest BCUT2D eigenvalue weighted by Gasteiger charge is 2.37. The first-order chi connectivity index (χ1) is 7.74. The zero-order valence-electron chi connectivity index (χ0n) is 9.57. The summed E-state index contributed by atoms with van der Waals surface area (Å²) < 4.78 is 5.19. The first-order valence-corrected chi connectivity index (χ1v) is 5.80. The van der Waals surface area contributed by atoms with E-state index in [-0.39, 0.29) is 11.7 Å². The number of nitrogens with zero attached hydrogens (tertiary/aromatic N) is 1. The lowest BCUT2D eigenvalue weighted by molar-refractivity contribution is -0.142. The highest BCUT2D eigenvalue weighted by Crippen LogP contribution is 2.28. The highest BCUT2D eigenvalue weighted by atomic mass is 16.5. The largest absolute Gasteiger partial charge is 0.378 e. The van der Waals surface area contributed by atoms with E-state index in [4.69, 9.17) is 4.74 Å². The lowest BCUT2D eigenvalue weighted by atomic mass is 10.0. The van der Waals surface area contributed by atoms with Crippen LogP contribution in [0.15, 0.2) is 11.6 Å². The van der Waals surface area contributed by atoms with Crippen molar-refractivity contribution in [3.05, 3.63) is 11.6 Å². The quantitative estimate of drug-likeness (QED) is 0.487. The number of carbonyl (C=O) groups is 2. The molecule has 1 amide bonds. The molecule has 4 nitrogen and oxygen atoms in total. The van der Waals surface area contributed by atoms with E-state index in [1.54, 1.807) is 4.90 Å². The SMILES string of the molecule is C/C=C1\CCC(C(=O)N2CCOCC2)C1=O. The van der Waals surface area contributed by atoms with Gasteiger partial charge in [-0.1, -0.05) is 6.08 Å². The minimum absolute atomic E-state index is 0.00912. The fourth-order valence-electron chi connectivity index (χ4n) is 2.30. The lowest BCUT2D eigenvalue weighted by Crippen LogP contribution is -2.44. The Kier molecular flexibility index (Phi) is 3.39. The van der Waals surface area contributed by atoms with E-state index < -0.39 is 5.92 Å². The van der Waals surface area contributed by atoms with Crippen LogP contribution in [0.2, 0.25) is 0 Å². The molecule has 2 aliphatic rings. The van der Waals surface area contributed by atoms with E-state index in [1.807, 2.05) is 13.0 Å². The summed E-state index contributed by atoms with van der Waals surface area (Å²) in [7, 11) is 0. The average Bonchev–Trinajstić information content (AvgIpc) is 2.70. The Labute approximate surface area is 95.2 Å². The maximum Gasteiger partial charge on any atom is 0.233 e. The molecule has 2 rings (SSSR count). The van der Waals surface area contributed by atoms with Crippen molar-refractivity contribution >= 4 is 11.7 Å². The summed E-state index contributed by atoms with van der Waals surface area (Å²) in [5, 5.41) is 0. The van der Waals surface area contributed by atoms with Gasteiger partial charge in [0.1, 0.15) is 5.92 Å². The van der Waals surface area contributed by atoms with Crippen LogP contribution in [0.1, 0.15) is 19.8 Å². The van der Waals surface area contributed by atoms with Crippen LogP contribution in [-0.2, 0) is 14.3 Å². The van der Waals surface area contributed by atoms with Crippen LogP contribution in [0, 0.1) is 5.92 Å². The van der Waals surface area contributed by atoms with Crippen LogP contribution >= 0.6 is 0 Å². The van der Waals surface area contributed by atoms with Crippen LogP contribution < -0.4 is 0 Å². The van der Waals surface area contributed by atoms with Gasteiger partial charge in [-0.05, 0) is 25.3 Å². The molecule has 1 unspecified atom stereocenters. The number of ether oxygens (including phenoxy) is 1. The Bertz CT molecular complexity index is 329. The average molecular weight is 223 g/mol. The molecule has 1 aliphatic heterocycles. The highest BCUT2D eigenvalue weighted by molar-refractivity contribution is 6.11. The van der Waals surface area contributed by atoms with E-state index in [0.29, 0.717) is 32.7 Å². The lowest BCUT2D eigenvalue weighted by Gasteiger charge is -2.28. The van der Waals surface area contributed by atoms with Gasteiger partial charge in [-0.2, -0.15) is 0 Å². The Balaban J connectivity index is 2.02. The van der Waals surface area contributed by atoms with Crippen molar-refractivity contribution in [2.24, 2.45) is 5.92 Å². The van der Waals surface area contributed by atoms with Gasteiger partial charge in [0, 0.05) is 13.1 Å². The molecule has 0 radical (unpaired) electrons. The molecule has 1 saturated carbocycles. The van der Waals surface area contributed by atoms with Gasteiger partial charge < -0.3 is 9.64 Å². The first-order valence-electron chi connectivity index (χ1n) is 5.80. The molecule has 1 atom stereocenters. The van der Waals surface area contributed by atoms with E-state index in [0.717, 1.165) is 12.0 Å². The molecule has 88 valence electrons. The second-order valence-corrected chi connectivity index (χ2v) is 4.21. The fourth-order valence-corrected chi connectivity index (χ4v) is 2.30. The zero-order valence-corrected chi connectivity index (χ0v) is 9.57. The maximum atomic E-state index is 12.1. The van der Waals surface area contributed by atoms with Gasteiger partial charge in [0.25, 0.3) is 0 Å². The predicted octanol–water partition coefficient (Wildman–Crippen LogP) is 0.771. The number of rotatable bonds is 1. The number of carbonyl (C=O) groups excluding carboxylic acids is 2. The molecule has 4 heteroatoms. The molecule has 16 heavy (non-hydrogen) atoms. The third kappa shape index (κ3) is 2.02. The van der Waals surface area contributed by atoms with Gasteiger partial charge in [0.05, 0.1) is 13.2 Å². The number of morpholine rings is 1. The standard InChI is InChI=1S/C12H17NO3/c1-2-9-3-4-10(11(9)14)12(15)13-5-7-16-8-6-13/h2,10H,3-8H2,1H3/b9-2+. The normalized spacial score (nSPS) is 28.8. The maximum absolute atomic E-state index is 12.1. The van der Waals surface area contributed by atoms with Gasteiger partial charge in [-0.15, -0.1) is 0 Å². The molecular weight excluding hydrogens is 206 g/mol. The molecule has 0 bridgehead atoms. The topological polar surface area (TPSA) is 46.6 Å². The first kappa shape index (κ1) is 11.3. The minimum Gasteiger partial charge on any atom is -0.378 e. The van der Waals surface area contributed by atoms with Crippen LogP contribution in [-0.4, -0.2) is 42.9 Å². The molecule has 1 heterocycles. The number of hydrogen-bond acceptors (Lipinski definition) is 3. The molecule has 0 spiro atoms. The Morgan fingerprint density at radius 1 is 1.44 bits per heavy atom. The number of amides is 1. The summed E-state index contributed by atoms with van der Waals surface area (Å²) in [6.45, 7) is 4.27. The van der Waals surface area contributed by atoms with Gasteiger partial charge >= 0.3 is 0 Å². The van der Waals surface area contributed by atoms with Crippen LogP contribution in [0.3, 0.4) is 0 Å². The minimum atomic E-state index is -0.427. The van der Waals surface area contributed by atoms with Gasteiger partial charge in [0.15, 0.2) is 5.78 Å². The van der Waals surface area contributed by atoms with Gasteiger partial charge in [0.2, 0.25) is 5.91 Å². The van der Waals surface area contributed by atoms with Crippen LogP contribution in [0.5, 0.6) is 0 Å². The summed E-state index contributed by atoms with van der Waals surface area (Å²) >= 11 is 0. The summed E-state index contributed by atoms with van der Waals surface area (Å²) in [5.74, 6) is -0.409. The summed E-state index contributed by atoms with van der Waals surface area (Å²) in [6, 6.07) is 0. The van der Waals surface area contributed by atoms with E-state index in [1.165, 1.54) is 0 Å². The number of allylic oxidation sites excluding steroid dienone is 2. The van der Waals surface area contributed by atoms with Gasteiger partial charge in [-0.25, -0.2) is 0 Å². The molecule has 1 saturated heterocycles. The second-order valence-electron chi connectivity index (χ2n) is 4.21. The van der Waals surface area contributed by atoms with Gasteiger partial charge in [-0.3, -0.25) is 9.59 Å². The van der Waals surface area contributed by atoms with Crippen molar-refractivity contribution in [1.82, 2.24) is 4.90 Å². The number of Topliss-reactive ketones (excluding diaryl/α,β-unsaturated/α-hetero) is 1. The van der Waals surface area contributed by atoms with E-state index >= 15 is 0 Å². The number of ketones is 1. The Morgan fingerprint density at radius 3 is 2.69 bits per heavy atom. The third-order valence-electron chi connectivity index (χ3n) is 3.30. The summed E-state index contributed by atoms with van der Waals surface area (Å²) in [6.07, 6.45) is 3.25. The van der Waals surface area contributed by atoms with Crippen molar-refractivity contribution in [3.63, 3.8) is 0 Å². The third-order valence-corrected chi connectivity index (χ3v) is 3.30. The van der Waals surface area contributed by atoms with Crippen molar-refractivity contribution in [2.75, 3.05) is 26.3 Å². The zero-order chi connectivity index (χ0) is 11.5. The fraction of sp³-hybridized carbons (Fsp3) is 0.667. The van der Waals surface area contributed by atoms with Crippen molar-refractivity contribution in [3.8, 4) is 0 Å². The summed E-state index contributed by atoms with van der Waals surface area (Å²) in [4.78, 5) is 25.7. The van der Waals surface area contributed by atoms with Crippen molar-refractivity contribution in [1.29, 1.82) is 0 Å². The Hall–Kier alpha value is -1.16. The smallest absolute Gasteiger partial charge is 0.233 e. The molecule has 1 aliphatic carbocycles. The monoisotopic (exact) mass is 223 g/mol. The molecular formula is C12H17NO3. The van der Waals surface area contributed by atoms with E-state index in [2.05, 4.69) is 0 Å². The Morgan fingerprint density at radius 2 is 2.12 bits per heavy atom. The van der Waals surface area contributed by atoms with Crippen LogP contribution in [0.25, 0.3) is 0 Å². The van der Waals surface area contributed by atoms with Crippen molar-refractivity contribution in [2.45, 2.75) is 19.8 Å². The van der Waals surface area contributed by atoms with Crippen molar-refractivity contribution < 1.29 is 14.3 Å². The molecule has 2 fully saturated rings. The second kappa shape index (κ2) is 4.78. The van der Waals surface area contributed by atoms with E-state index in [9.17, 15) is 9.59 Å². The summed E-state index contributed by atoms with van der Waals surface area (Å²) in [5.41, 5.74) is 0.812. The molecule has 0 aromatic rings. The van der Waals surface area contributed by atoms with Crippen LogP contribution in [0.4, 0.5) is 0 Å². The number of hydrogen-bond donors (Lipinski definition) is 0. The molecule has 0 aromatic carbocycles. The molecule has 0 aromatic heterocycles.